The summed E-state index contributed by atoms with van der Waals surface area (Å²) in [5, 5.41) is 12.3. The van der Waals surface area contributed by atoms with Crippen molar-refractivity contribution >= 4 is 29.4 Å². The number of hydrogen-bond donors (Lipinski definition) is 4. The van der Waals surface area contributed by atoms with Gasteiger partial charge in [0.2, 0.25) is 0 Å². The molecule has 0 bridgehead atoms. The fraction of sp³-hybridized carbons (Fsp3) is 0.214. The monoisotopic (exact) mass is 562 g/mol. The highest BCUT2D eigenvalue weighted by molar-refractivity contribution is 6.00. The van der Waals surface area contributed by atoms with Gasteiger partial charge < -0.3 is 26.6 Å². The van der Waals surface area contributed by atoms with Gasteiger partial charge in [0.05, 0.1) is 18.7 Å². The summed E-state index contributed by atoms with van der Waals surface area (Å²) in [4.78, 5) is 55.7. The number of nitrogens with one attached hydrogen (secondary N) is 1. The van der Waals surface area contributed by atoms with Crippen LogP contribution in [0.4, 0.5) is 4.39 Å². The van der Waals surface area contributed by atoms with Crippen LogP contribution in [-0.2, 0) is 17.7 Å². The van der Waals surface area contributed by atoms with Crippen LogP contribution in [0, 0.1) is 12.7 Å². The number of ether oxygens (including phenoxy) is 1. The number of carbonyl (C=O) groups is 4. The number of carbonyl (C=O) groups excluding carboxylic acids is 3. The molecule has 2 aromatic heterocycles. The van der Waals surface area contributed by atoms with Crippen LogP contribution in [-0.4, -0.2) is 50.3 Å². The van der Waals surface area contributed by atoms with Gasteiger partial charge in [-0.1, -0.05) is 18.2 Å². The van der Waals surface area contributed by atoms with Crippen molar-refractivity contribution in [3.8, 4) is 0 Å². The molecular weight excluding hydrogens is 535 g/mol. The van der Waals surface area contributed by atoms with Crippen LogP contribution in [0.15, 0.2) is 48.8 Å². The molecule has 212 valence electrons. The molecule has 0 saturated carbocycles. The quantitative estimate of drug-likeness (QED) is 0.255. The summed E-state index contributed by atoms with van der Waals surface area (Å²) in [6.45, 7) is 2.20. The second kappa shape index (κ2) is 11.9. The molecule has 1 aliphatic rings. The van der Waals surface area contributed by atoms with Crippen LogP contribution in [0.25, 0.3) is 5.65 Å². The van der Waals surface area contributed by atoms with Gasteiger partial charge >= 0.3 is 11.9 Å². The molecule has 41 heavy (non-hydrogen) atoms. The molecule has 13 heteroatoms. The SMILES string of the molecule is COC(=O)c1ccc2c(c1)CC[C@@H]2NC(=O)c1cc(C(=O)O)n2cnc(C(N)=O)c2n1.Cc1cc(CN)ccc1F. The standard InChI is InChI=1S/C20H17N5O6.C8H10FN/c1-31-20(30)10-2-4-11-9(6-10)3-5-12(11)24-18(27)13-7-14(19(28)29)25-8-22-15(16(21)26)17(25)23-13;1-6-4-7(5-10)2-3-8(6)9/h2,4,6-8,12H,3,5H2,1H3,(H2,21,26)(H,24,27)(H,28,29);2-4H,5,10H2,1H3/t12-;/m0./s1. The van der Waals surface area contributed by atoms with Crippen molar-refractivity contribution in [3.63, 3.8) is 0 Å². The third-order valence-electron chi connectivity index (χ3n) is 6.59. The van der Waals surface area contributed by atoms with Crippen molar-refractivity contribution in [2.45, 2.75) is 32.4 Å². The van der Waals surface area contributed by atoms with E-state index in [0.29, 0.717) is 30.5 Å². The number of primary amides is 1. The number of benzene rings is 2. The maximum Gasteiger partial charge on any atom is 0.353 e. The molecule has 6 N–H and O–H groups in total. The first-order valence-corrected chi connectivity index (χ1v) is 12.4. The predicted molar refractivity (Wildman–Crippen MR) is 144 cm³/mol. The number of esters is 1. The topological polar surface area (TPSA) is 192 Å². The van der Waals surface area contributed by atoms with E-state index < -0.39 is 23.8 Å². The van der Waals surface area contributed by atoms with E-state index in [-0.39, 0.29) is 34.6 Å². The third-order valence-corrected chi connectivity index (χ3v) is 6.59. The average Bonchev–Trinajstić information content (AvgIpc) is 3.57. The van der Waals surface area contributed by atoms with Crippen molar-refractivity contribution in [2.24, 2.45) is 11.5 Å². The molecule has 1 atom stereocenters. The van der Waals surface area contributed by atoms with Gasteiger partial charge in [0, 0.05) is 12.6 Å². The molecule has 2 amide bonds. The highest BCUT2D eigenvalue weighted by Crippen LogP contribution is 2.32. The minimum absolute atomic E-state index is 0.118. The Kier molecular flexibility index (Phi) is 8.38. The van der Waals surface area contributed by atoms with Crippen LogP contribution >= 0.6 is 0 Å². The van der Waals surface area contributed by atoms with Crippen molar-refractivity contribution in [1.29, 1.82) is 0 Å². The van der Waals surface area contributed by atoms with Crippen LogP contribution in [0.2, 0.25) is 0 Å². The van der Waals surface area contributed by atoms with E-state index >= 15 is 0 Å². The summed E-state index contributed by atoms with van der Waals surface area (Å²) in [7, 11) is 1.30. The van der Waals surface area contributed by atoms with Crippen molar-refractivity contribution in [3.05, 3.63) is 99.5 Å². The number of aromatic carboxylic acids is 1. The molecule has 0 radical (unpaired) electrons. The van der Waals surface area contributed by atoms with Crippen molar-refractivity contribution in [2.75, 3.05) is 7.11 Å². The summed E-state index contributed by atoms with van der Waals surface area (Å²) < 4.78 is 18.4. The second-order valence-corrected chi connectivity index (χ2v) is 9.24. The van der Waals surface area contributed by atoms with Gasteiger partial charge in [-0.3, -0.25) is 14.0 Å². The number of imidazole rings is 1. The van der Waals surface area contributed by atoms with E-state index in [1.165, 1.54) is 13.2 Å². The molecular formula is C28H27FN6O6. The number of aromatic nitrogens is 3. The minimum Gasteiger partial charge on any atom is -0.477 e. The Morgan fingerprint density at radius 1 is 1.17 bits per heavy atom. The first-order chi connectivity index (χ1) is 19.5. The molecule has 2 heterocycles. The number of nitrogens with two attached hydrogens (primary N) is 2. The molecule has 5 rings (SSSR count). The second-order valence-electron chi connectivity index (χ2n) is 9.24. The van der Waals surface area contributed by atoms with Crippen LogP contribution in [0.3, 0.4) is 0 Å². The number of hydrogen-bond acceptors (Lipinski definition) is 8. The number of methoxy groups -OCH3 is 1. The van der Waals surface area contributed by atoms with E-state index in [1.54, 1.807) is 37.3 Å². The Morgan fingerprint density at radius 2 is 1.93 bits per heavy atom. The summed E-state index contributed by atoms with van der Waals surface area (Å²) in [5.41, 5.74) is 13.6. The van der Waals surface area contributed by atoms with E-state index in [4.69, 9.17) is 16.2 Å². The Morgan fingerprint density at radius 3 is 2.56 bits per heavy atom. The Bertz CT molecular complexity index is 1680. The lowest BCUT2D eigenvalue weighted by Crippen LogP contribution is -2.28. The summed E-state index contributed by atoms with van der Waals surface area (Å²) >= 11 is 0. The first kappa shape index (κ1) is 28.8. The van der Waals surface area contributed by atoms with Gasteiger partial charge in [-0.2, -0.15) is 0 Å². The lowest BCUT2D eigenvalue weighted by atomic mass is 10.0. The lowest BCUT2D eigenvalue weighted by Gasteiger charge is -2.15. The largest absolute Gasteiger partial charge is 0.477 e. The van der Waals surface area contributed by atoms with E-state index in [9.17, 15) is 28.7 Å². The molecule has 0 unspecified atom stereocenters. The number of carboxylic acids is 1. The van der Waals surface area contributed by atoms with Gasteiger partial charge in [-0.15, -0.1) is 0 Å². The Balaban J connectivity index is 0.000000328. The average molecular weight is 563 g/mol. The maximum atomic E-state index is 12.9. The van der Waals surface area contributed by atoms with Gasteiger partial charge in [0.15, 0.2) is 11.3 Å². The van der Waals surface area contributed by atoms with Gasteiger partial charge in [-0.05, 0) is 60.2 Å². The van der Waals surface area contributed by atoms with Gasteiger partial charge in [0.25, 0.3) is 11.8 Å². The number of rotatable bonds is 6. The highest BCUT2D eigenvalue weighted by atomic mass is 19.1. The minimum atomic E-state index is -1.32. The lowest BCUT2D eigenvalue weighted by molar-refractivity contribution is 0.0599. The Hall–Kier alpha value is -5.17. The zero-order valence-electron chi connectivity index (χ0n) is 22.2. The van der Waals surface area contributed by atoms with E-state index in [0.717, 1.165) is 33.5 Å². The molecule has 0 spiro atoms. The maximum absolute atomic E-state index is 12.9. The molecule has 1 aliphatic carbocycles. The predicted octanol–water partition coefficient (Wildman–Crippen LogP) is 2.32. The highest BCUT2D eigenvalue weighted by Gasteiger charge is 2.27. The number of amides is 2. The number of fused-ring (bicyclic) bond motifs is 2. The number of aryl methyl sites for hydroxylation is 2. The molecule has 4 aromatic rings. The fourth-order valence-corrected chi connectivity index (χ4v) is 4.50. The fourth-order valence-electron chi connectivity index (χ4n) is 4.50. The molecule has 0 aliphatic heterocycles. The van der Waals surface area contributed by atoms with Gasteiger partial charge in [0.1, 0.15) is 23.5 Å². The van der Waals surface area contributed by atoms with Gasteiger partial charge in [-0.25, -0.2) is 23.9 Å². The molecule has 12 nitrogen and oxygen atoms in total. The summed E-state index contributed by atoms with van der Waals surface area (Å²) in [6, 6.07) is 10.8. The molecule has 2 aromatic carbocycles. The zero-order chi connectivity index (χ0) is 29.8. The summed E-state index contributed by atoms with van der Waals surface area (Å²) in [5.74, 6) is -3.44. The van der Waals surface area contributed by atoms with Crippen LogP contribution < -0.4 is 16.8 Å². The van der Waals surface area contributed by atoms with Crippen molar-refractivity contribution in [1.82, 2.24) is 19.7 Å². The smallest absolute Gasteiger partial charge is 0.353 e. The van der Waals surface area contributed by atoms with E-state index in [1.807, 2.05) is 0 Å². The van der Waals surface area contributed by atoms with Crippen LogP contribution in [0.5, 0.6) is 0 Å². The first-order valence-electron chi connectivity index (χ1n) is 12.4. The normalized spacial score (nSPS) is 13.6. The molecule has 0 saturated heterocycles. The van der Waals surface area contributed by atoms with Crippen molar-refractivity contribution < 1.29 is 33.4 Å². The van der Waals surface area contributed by atoms with Crippen LogP contribution in [0.1, 0.15) is 76.5 Å². The Labute approximate surface area is 233 Å². The summed E-state index contributed by atoms with van der Waals surface area (Å²) in [6.07, 6.45) is 2.35. The number of nitrogens with zero attached hydrogens (tertiary/aromatic N) is 3. The number of halogens is 1. The zero-order valence-corrected chi connectivity index (χ0v) is 22.2. The van der Waals surface area contributed by atoms with E-state index in [2.05, 4.69) is 15.3 Å². The molecule has 0 fully saturated rings. The number of carboxylic acid groups (broad SMARTS) is 1. The third kappa shape index (κ3) is 6.04.